The maximum absolute atomic E-state index is 13.7. The Hall–Kier alpha value is -1.38. The smallest absolute Gasteiger partial charge is 0.192 e. The molecule has 5 heteroatoms. The molecule has 1 aromatic carbocycles. The fraction of sp³-hybridized carbons (Fsp3) is 0.632. The van der Waals surface area contributed by atoms with Crippen molar-refractivity contribution in [3.8, 4) is 6.07 Å². The molecule has 24 heavy (non-hydrogen) atoms. The van der Waals surface area contributed by atoms with Crippen LogP contribution in [-0.4, -0.2) is 20.5 Å². The molecule has 132 valence electrons. The largest absolute Gasteiger partial charge is 0.412 e. The lowest BCUT2D eigenvalue weighted by molar-refractivity contribution is 0.124. The van der Waals surface area contributed by atoms with Crippen molar-refractivity contribution in [1.82, 2.24) is 0 Å². The first-order valence-corrected chi connectivity index (χ1v) is 11.7. The number of benzene rings is 1. The molecule has 0 heterocycles. The first kappa shape index (κ1) is 18.9. The predicted molar refractivity (Wildman–Crippen MR) is 99.1 cm³/mol. The number of anilines is 1. The van der Waals surface area contributed by atoms with Crippen molar-refractivity contribution in [2.24, 2.45) is 0 Å². The Morgan fingerprint density at radius 3 is 2.50 bits per heavy atom. The third-order valence-electron chi connectivity index (χ3n) is 5.33. The third kappa shape index (κ3) is 4.58. The number of halogens is 1. The number of hydrogen-bond acceptors (Lipinski definition) is 3. The highest BCUT2D eigenvalue weighted by Crippen LogP contribution is 2.39. The minimum absolute atomic E-state index is 0.147. The van der Waals surface area contributed by atoms with Gasteiger partial charge in [0.15, 0.2) is 8.32 Å². The summed E-state index contributed by atoms with van der Waals surface area (Å²) in [5, 5.41) is 12.6. The van der Waals surface area contributed by atoms with Crippen LogP contribution in [0.4, 0.5) is 10.1 Å². The molecule has 1 aromatic rings. The molecule has 3 nitrogen and oxygen atoms in total. The predicted octanol–water partition coefficient (Wildman–Crippen LogP) is 5.44. The Morgan fingerprint density at radius 1 is 1.21 bits per heavy atom. The number of nitriles is 1. The van der Waals surface area contributed by atoms with Crippen LogP contribution in [-0.2, 0) is 4.43 Å². The summed E-state index contributed by atoms with van der Waals surface area (Å²) in [5.74, 6) is -0.380. The highest BCUT2D eigenvalue weighted by Gasteiger charge is 2.41. The zero-order valence-corrected chi connectivity index (χ0v) is 16.4. The van der Waals surface area contributed by atoms with E-state index < -0.39 is 8.32 Å². The van der Waals surface area contributed by atoms with Crippen molar-refractivity contribution in [1.29, 1.82) is 5.26 Å². The zero-order valence-electron chi connectivity index (χ0n) is 15.4. The standard InChI is InChI=1S/C19H29FN2OSi/c1-19(2,3)24(4,5)23-18-9-7-6-8-17(18)22-16-11-14(13-21)10-15(20)12-16/h10-12,17-18,22H,6-9H2,1-5H3/t17-,18-/m1/s1. The Kier molecular flexibility index (Phi) is 5.72. The van der Waals surface area contributed by atoms with Crippen LogP contribution < -0.4 is 5.32 Å². The molecule has 1 fully saturated rings. The van der Waals surface area contributed by atoms with E-state index in [1.165, 1.54) is 18.6 Å². The van der Waals surface area contributed by atoms with E-state index in [2.05, 4.69) is 39.2 Å². The molecule has 0 spiro atoms. The van der Waals surface area contributed by atoms with Gasteiger partial charge in [-0.25, -0.2) is 4.39 Å². The summed E-state index contributed by atoms with van der Waals surface area (Å²) in [4.78, 5) is 0. The summed E-state index contributed by atoms with van der Waals surface area (Å²) < 4.78 is 20.3. The molecule has 1 aliphatic carbocycles. The monoisotopic (exact) mass is 348 g/mol. The van der Waals surface area contributed by atoms with Gasteiger partial charge in [0.25, 0.3) is 0 Å². The SMILES string of the molecule is CC(C)(C)[Si](C)(C)O[C@@H]1CCCC[C@H]1Nc1cc(F)cc(C#N)c1. The molecule has 0 bridgehead atoms. The van der Waals surface area contributed by atoms with Crippen molar-refractivity contribution < 1.29 is 8.82 Å². The Morgan fingerprint density at radius 2 is 1.88 bits per heavy atom. The van der Waals surface area contributed by atoms with Crippen LogP contribution in [0.1, 0.15) is 52.0 Å². The molecule has 0 saturated heterocycles. The van der Waals surface area contributed by atoms with E-state index in [4.69, 9.17) is 9.69 Å². The number of rotatable bonds is 4. The molecule has 0 unspecified atom stereocenters. The van der Waals surface area contributed by atoms with Gasteiger partial charge in [0.2, 0.25) is 0 Å². The van der Waals surface area contributed by atoms with Crippen LogP contribution in [0.5, 0.6) is 0 Å². The van der Waals surface area contributed by atoms with Crippen molar-refractivity contribution >= 4 is 14.0 Å². The van der Waals surface area contributed by atoms with Gasteiger partial charge in [0, 0.05) is 5.69 Å². The lowest BCUT2D eigenvalue weighted by atomic mass is 9.92. The van der Waals surface area contributed by atoms with E-state index in [9.17, 15) is 4.39 Å². The molecular formula is C19H29FN2OSi. The Bertz CT molecular complexity index is 619. The molecule has 2 rings (SSSR count). The average molecular weight is 349 g/mol. The fourth-order valence-electron chi connectivity index (χ4n) is 2.91. The van der Waals surface area contributed by atoms with E-state index in [0.717, 1.165) is 19.3 Å². The second kappa shape index (κ2) is 7.24. The summed E-state index contributed by atoms with van der Waals surface area (Å²) >= 11 is 0. The third-order valence-corrected chi connectivity index (χ3v) is 9.84. The first-order chi connectivity index (χ1) is 11.1. The summed E-state index contributed by atoms with van der Waals surface area (Å²) in [6, 6.07) is 6.60. The number of nitrogens with one attached hydrogen (secondary N) is 1. The molecule has 1 saturated carbocycles. The van der Waals surface area contributed by atoms with Gasteiger partial charge in [-0.15, -0.1) is 0 Å². The lowest BCUT2D eigenvalue weighted by Crippen LogP contribution is -2.49. The van der Waals surface area contributed by atoms with Gasteiger partial charge in [0.05, 0.1) is 23.8 Å². The van der Waals surface area contributed by atoms with Crippen LogP contribution >= 0.6 is 0 Å². The molecule has 0 radical (unpaired) electrons. The minimum atomic E-state index is -1.85. The van der Waals surface area contributed by atoms with Crippen molar-refractivity contribution in [2.75, 3.05) is 5.32 Å². The Labute approximate surface area is 146 Å². The molecule has 1 N–H and O–H groups in total. The minimum Gasteiger partial charge on any atom is -0.412 e. The summed E-state index contributed by atoms with van der Waals surface area (Å²) in [6.07, 6.45) is 4.51. The topological polar surface area (TPSA) is 45.0 Å². The van der Waals surface area contributed by atoms with Crippen molar-refractivity contribution in [3.63, 3.8) is 0 Å². The number of hydrogen-bond donors (Lipinski definition) is 1. The van der Waals surface area contributed by atoms with Crippen molar-refractivity contribution in [2.45, 2.75) is 76.7 Å². The van der Waals surface area contributed by atoms with E-state index in [1.807, 2.05) is 6.07 Å². The molecule has 1 aliphatic rings. The van der Waals surface area contributed by atoms with Crippen molar-refractivity contribution in [3.05, 3.63) is 29.6 Å². The highest BCUT2D eigenvalue weighted by atomic mass is 28.4. The summed E-state index contributed by atoms with van der Waals surface area (Å²) in [5.41, 5.74) is 1.01. The second-order valence-electron chi connectivity index (χ2n) is 8.29. The molecular weight excluding hydrogens is 319 g/mol. The van der Waals surface area contributed by atoms with E-state index in [-0.39, 0.29) is 23.0 Å². The zero-order chi connectivity index (χ0) is 18.0. The fourth-order valence-corrected chi connectivity index (χ4v) is 4.30. The van der Waals surface area contributed by atoms with Gasteiger partial charge in [-0.05, 0) is 49.2 Å². The van der Waals surface area contributed by atoms with E-state index >= 15 is 0 Å². The molecule has 0 aliphatic heterocycles. The molecule has 0 aromatic heterocycles. The van der Waals surface area contributed by atoms with Gasteiger partial charge < -0.3 is 9.74 Å². The normalized spacial score (nSPS) is 22.0. The molecule has 2 atom stereocenters. The van der Waals surface area contributed by atoms with E-state index in [0.29, 0.717) is 11.3 Å². The van der Waals surface area contributed by atoms with Gasteiger partial charge in [0.1, 0.15) is 5.82 Å². The highest BCUT2D eigenvalue weighted by molar-refractivity contribution is 6.74. The van der Waals surface area contributed by atoms with Gasteiger partial charge in [-0.3, -0.25) is 0 Å². The average Bonchev–Trinajstić information content (AvgIpc) is 2.47. The maximum atomic E-state index is 13.7. The van der Waals surface area contributed by atoms with Crippen LogP contribution in [0.15, 0.2) is 18.2 Å². The first-order valence-electron chi connectivity index (χ1n) is 8.77. The molecule has 0 amide bonds. The lowest BCUT2D eigenvalue weighted by Gasteiger charge is -2.43. The van der Waals surface area contributed by atoms with E-state index in [1.54, 1.807) is 6.07 Å². The second-order valence-corrected chi connectivity index (χ2v) is 13.0. The van der Waals surface area contributed by atoms with Crippen LogP contribution in [0, 0.1) is 17.1 Å². The van der Waals surface area contributed by atoms with Gasteiger partial charge in [-0.2, -0.15) is 5.26 Å². The quantitative estimate of drug-likeness (QED) is 0.737. The van der Waals surface area contributed by atoms with Gasteiger partial charge in [-0.1, -0.05) is 33.6 Å². The number of nitrogens with zero attached hydrogens (tertiary/aromatic N) is 1. The van der Waals surface area contributed by atoms with Crippen LogP contribution in [0.2, 0.25) is 18.1 Å². The van der Waals surface area contributed by atoms with Gasteiger partial charge >= 0.3 is 0 Å². The van der Waals surface area contributed by atoms with Crippen LogP contribution in [0.25, 0.3) is 0 Å². The summed E-state index contributed by atoms with van der Waals surface area (Å²) in [6.45, 7) is 11.3. The summed E-state index contributed by atoms with van der Waals surface area (Å²) in [7, 11) is -1.85. The Balaban J connectivity index is 2.15. The maximum Gasteiger partial charge on any atom is 0.192 e. The van der Waals surface area contributed by atoms with Crippen LogP contribution in [0.3, 0.4) is 0 Å².